The van der Waals surface area contributed by atoms with E-state index in [0.717, 1.165) is 19.0 Å². The zero-order valence-electron chi connectivity index (χ0n) is 15.0. The predicted octanol–water partition coefficient (Wildman–Crippen LogP) is 4.20. The number of likely N-dealkylation sites (tertiary alicyclic amines) is 1. The highest BCUT2D eigenvalue weighted by molar-refractivity contribution is 5.27. The molecule has 1 aromatic carbocycles. The molecule has 124 valence electrons. The van der Waals surface area contributed by atoms with Gasteiger partial charge in [0.25, 0.3) is 0 Å². The molecule has 1 N–H and O–H groups in total. The van der Waals surface area contributed by atoms with Crippen LogP contribution in [0.5, 0.6) is 0 Å². The third-order valence-corrected chi connectivity index (χ3v) is 4.91. The molecule has 0 atom stereocenters. The molecule has 2 rings (SSSR count). The van der Waals surface area contributed by atoms with Gasteiger partial charge < -0.3 is 5.32 Å². The lowest BCUT2D eigenvalue weighted by Crippen LogP contribution is -2.34. The van der Waals surface area contributed by atoms with E-state index >= 15 is 0 Å². The Morgan fingerprint density at radius 1 is 1.09 bits per heavy atom. The topological polar surface area (TPSA) is 15.3 Å². The Hall–Kier alpha value is -0.860. The highest BCUT2D eigenvalue weighted by atomic mass is 15.1. The van der Waals surface area contributed by atoms with Gasteiger partial charge in [-0.05, 0) is 67.9 Å². The van der Waals surface area contributed by atoms with Crippen molar-refractivity contribution in [1.29, 1.82) is 0 Å². The van der Waals surface area contributed by atoms with Crippen molar-refractivity contribution >= 4 is 0 Å². The fourth-order valence-corrected chi connectivity index (χ4v) is 3.28. The van der Waals surface area contributed by atoms with Gasteiger partial charge in [-0.15, -0.1) is 0 Å². The maximum absolute atomic E-state index is 3.45. The average molecular weight is 303 g/mol. The first-order chi connectivity index (χ1) is 10.5. The molecule has 2 nitrogen and oxygen atoms in total. The Kier molecular flexibility index (Phi) is 6.46. The average Bonchev–Trinajstić information content (AvgIpc) is 2.49. The molecule has 0 radical (unpaired) electrons. The Balaban J connectivity index is 1.76. The summed E-state index contributed by atoms with van der Waals surface area (Å²) < 4.78 is 0. The second kappa shape index (κ2) is 8.12. The van der Waals surface area contributed by atoms with E-state index in [9.17, 15) is 0 Å². The van der Waals surface area contributed by atoms with Crippen molar-refractivity contribution in [2.45, 2.75) is 58.9 Å². The number of piperidine rings is 1. The quantitative estimate of drug-likeness (QED) is 0.792. The van der Waals surface area contributed by atoms with Gasteiger partial charge in [0.2, 0.25) is 0 Å². The maximum atomic E-state index is 3.45. The van der Waals surface area contributed by atoms with Crippen molar-refractivity contribution in [3.63, 3.8) is 0 Å². The molecule has 0 unspecified atom stereocenters. The third-order valence-electron chi connectivity index (χ3n) is 4.91. The fraction of sp³-hybridized carbons (Fsp3) is 0.700. The standard InChI is InChI=1S/C20H34N2/c1-5-21-13-10-17-11-14-22(15-12-17)16-18-6-8-19(9-7-18)20(2,3)4/h6-9,17,21H,5,10-16H2,1-4H3. The predicted molar refractivity (Wildman–Crippen MR) is 96.3 cm³/mol. The van der Waals surface area contributed by atoms with E-state index < -0.39 is 0 Å². The molecule has 0 aromatic heterocycles. The van der Waals surface area contributed by atoms with Crippen LogP contribution in [0.2, 0.25) is 0 Å². The van der Waals surface area contributed by atoms with Gasteiger partial charge in [0, 0.05) is 6.54 Å². The Morgan fingerprint density at radius 3 is 2.27 bits per heavy atom. The third kappa shape index (κ3) is 5.40. The van der Waals surface area contributed by atoms with Crippen LogP contribution in [0.3, 0.4) is 0 Å². The molecule has 1 fully saturated rings. The van der Waals surface area contributed by atoms with Gasteiger partial charge in [0.05, 0.1) is 0 Å². The second-order valence-corrected chi connectivity index (χ2v) is 7.81. The van der Waals surface area contributed by atoms with E-state index in [1.807, 2.05) is 0 Å². The lowest BCUT2D eigenvalue weighted by molar-refractivity contribution is 0.172. The number of hydrogen-bond acceptors (Lipinski definition) is 2. The summed E-state index contributed by atoms with van der Waals surface area (Å²) >= 11 is 0. The smallest absolute Gasteiger partial charge is 0.0233 e. The van der Waals surface area contributed by atoms with E-state index in [-0.39, 0.29) is 5.41 Å². The highest BCUT2D eigenvalue weighted by Crippen LogP contribution is 2.24. The molecule has 1 saturated heterocycles. The fourth-order valence-electron chi connectivity index (χ4n) is 3.28. The molecule has 1 aromatic rings. The minimum absolute atomic E-state index is 0.253. The van der Waals surface area contributed by atoms with E-state index in [1.54, 1.807) is 0 Å². The van der Waals surface area contributed by atoms with Gasteiger partial charge in [-0.2, -0.15) is 0 Å². The van der Waals surface area contributed by atoms with Crippen LogP contribution >= 0.6 is 0 Å². The number of benzene rings is 1. The van der Waals surface area contributed by atoms with Gasteiger partial charge in [0.15, 0.2) is 0 Å². The van der Waals surface area contributed by atoms with Gasteiger partial charge in [-0.25, -0.2) is 0 Å². The molecule has 0 aliphatic carbocycles. The minimum Gasteiger partial charge on any atom is -0.317 e. The SMILES string of the molecule is CCNCCC1CCN(Cc2ccc(C(C)(C)C)cc2)CC1. The van der Waals surface area contributed by atoms with Gasteiger partial charge in [0.1, 0.15) is 0 Å². The van der Waals surface area contributed by atoms with Crippen molar-refractivity contribution in [2.75, 3.05) is 26.2 Å². The molecular formula is C20H34N2. The van der Waals surface area contributed by atoms with E-state index in [1.165, 1.54) is 50.0 Å². The first-order valence-corrected chi connectivity index (χ1v) is 9.01. The number of hydrogen-bond donors (Lipinski definition) is 1. The van der Waals surface area contributed by atoms with Crippen molar-refractivity contribution in [3.8, 4) is 0 Å². The molecule has 0 saturated carbocycles. The molecule has 0 spiro atoms. The summed E-state index contributed by atoms with van der Waals surface area (Å²) in [5.41, 5.74) is 3.14. The summed E-state index contributed by atoms with van der Waals surface area (Å²) in [7, 11) is 0. The molecule has 1 aliphatic rings. The van der Waals surface area contributed by atoms with Crippen molar-refractivity contribution in [3.05, 3.63) is 35.4 Å². The van der Waals surface area contributed by atoms with Gasteiger partial charge in [-0.3, -0.25) is 4.90 Å². The summed E-state index contributed by atoms with van der Waals surface area (Å²) in [4.78, 5) is 2.62. The minimum atomic E-state index is 0.253. The van der Waals surface area contributed by atoms with Crippen LogP contribution in [-0.2, 0) is 12.0 Å². The van der Waals surface area contributed by atoms with E-state index in [2.05, 4.69) is 62.2 Å². The summed E-state index contributed by atoms with van der Waals surface area (Å²) in [5.74, 6) is 0.929. The van der Waals surface area contributed by atoms with E-state index in [0.29, 0.717) is 0 Å². The van der Waals surface area contributed by atoms with Crippen LogP contribution in [0, 0.1) is 5.92 Å². The molecule has 1 aliphatic heterocycles. The van der Waals surface area contributed by atoms with Gasteiger partial charge >= 0.3 is 0 Å². The highest BCUT2D eigenvalue weighted by Gasteiger charge is 2.19. The van der Waals surface area contributed by atoms with Crippen LogP contribution in [-0.4, -0.2) is 31.1 Å². The number of rotatable bonds is 6. The normalized spacial score (nSPS) is 17.8. The van der Waals surface area contributed by atoms with Crippen LogP contribution in [0.25, 0.3) is 0 Å². The maximum Gasteiger partial charge on any atom is 0.0233 e. The molecule has 1 heterocycles. The van der Waals surface area contributed by atoms with E-state index in [4.69, 9.17) is 0 Å². The summed E-state index contributed by atoms with van der Waals surface area (Å²) in [6.45, 7) is 15.0. The molecule has 2 heteroatoms. The first kappa shape index (κ1) is 17.5. The second-order valence-electron chi connectivity index (χ2n) is 7.81. The van der Waals surface area contributed by atoms with Gasteiger partial charge in [-0.1, -0.05) is 52.0 Å². The monoisotopic (exact) mass is 302 g/mol. The summed E-state index contributed by atoms with van der Waals surface area (Å²) in [6, 6.07) is 9.24. The Morgan fingerprint density at radius 2 is 1.73 bits per heavy atom. The Bertz CT molecular complexity index is 422. The lowest BCUT2D eigenvalue weighted by atomic mass is 9.86. The van der Waals surface area contributed by atoms with Crippen LogP contribution in [0.15, 0.2) is 24.3 Å². The zero-order chi connectivity index (χ0) is 16.0. The molecular weight excluding hydrogens is 268 g/mol. The van der Waals surface area contributed by atoms with Crippen LogP contribution in [0.1, 0.15) is 58.1 Å². The number of nitrogens with one attached hydrogen (secondary N) is 1. The summed E-state index contributed by atoms with van der Waals surface area (Å²) in [5, 5.41) is 3.45. The van der Waals surface area contributed by atoms with Crippen LogP contribution < -0.4 is 5.32 Å². The van der Waals surface area contributed by atoms with Crippen LogP contribution in [0.4, 0.5) is 0 Å². The Labute approximate surface area is 137 Å². The van der Waals surface area contributed by atoms with Crippen molar-refractivity contribution in [1.82, 2.24) is 10.2 Å². The largest absolute Gasteiger partial charge is 0.317 e. The van der Waals surface area contributed by atoms with Crippen molar-refractivity contribution < 1.29 is 0 Å². The number of nitrogens with zero attached hydrogens (tertiary/aromatic N) is 1. The van der Waals surface area contributed by atoms with Crippen molar-refractivity contribution in [2.24, 2.45) is 5.92 Å². The molecule has 22 heavy (non-hydrogen) atoms. The zero-order valence-corrected chi connectivity index (χ0v) is 15.0. The lowest BCUT2D eigenvalue weighted by Gasteiger charge is -2.32. The first-order valence-electron chi connectivity index (χ1n) is 9.01. The molecule has 0 bridgehead atoms. The molecule has 0 amide bonds. The summed E-state index contributed by atoms with van der Waals surface area (Å²) in [6.07, 6.45) is 4.08.